The standard InChI is InChI=1S/C11H19N5OS.2ClH/c1-2-9-13-11(18-14-9)16-5-3-4-15(6-7-16)10(17)8-12;;/h2-8,12H2,1H3;2*1H. The van der Waals surface area contributed by atoms with Gasteiger partial charge in [0.1, 0.15) is 5.82 Å². The van der Waals surface area contributed by atoms with Gasteiger partial charge in [-0.25, -0.2) is 4.98 Å². The average Bonchev–Trinajstić information content (AvgIpc) is 2.75. The van der Waals surface area contributed by atoms with Gasteiger partial charge in [-0.15, -0.1) is 24.8 Å². The number of nitrogens with two attached hydrogens (primary N) is 1. The molecule has 0 bridgehead atoms. The lowest BCUT2D eigenvalue weighted by atomic mass is 10.4. The smallest absolute Gasteiger partial charge is 0.236 e. The monoisotopic (exact) mass is 341 g/mol. The van der Waals surface area contributed by atoms with Crippen LogP contribution >= 0.6 is 36.3 Å². The molecule has 0 aliphatic carbocycles. The van der Waals surface area contributed by atoms with Crippen molar-refractivity contribution >= 4 is 47.4 Å². The molecule has 0 radical (unpaired) electrons. The second kappa shape index (κ2) is 9.33. The lowest BCUT2D eigenvalue weighted by Crippen LogP contribution is -2.38. The molecule has 2 heterocycles. The highest BCUT2D eigenvalue weighted by atomic mass is 35.5. The summed E-state index contributed by atoms with van der Waals surface area (Å²) in [5, 5.41) is 0.967. The summed E-state index contributed by atoms with van der Waals surface area (Å²) in [5.74, 6) is 0.928. The van der Waals surface area contributed by atoms with E-state index in [0.29, 0.717) is 0 Å². The van der Waals surface area contributed by atoms with Gasteiger partial charge in [-0.3, -0.25) is 4.79 Å². The van der Waals surface area contributed by atoms with Gasteiger partial charge in [0.05, 0.1) is 6.54 Å². The van der Waals surface area contributed by atoms with E-state index in [2.05, 4.69) is 21.2 Å². The maximum atomic E-state index is 11.6. The summed E-state index contributed by atoms with van der Waals surface area (Å²) in [5.41, 5.74) is 5.40. The zero-order valence-corrected chi connectivity index (χ0v) is 13.9. The molecule has 0 unspecified atom stereocenters. The van der Waals surface area contributed by atoms with Crippen molar-refractivity contribution < 1.29 is 4.79 Å². The van der Waals surface area contributed by atoms with Gasteiger partial charge in [-0.1, -0.05) is 6.92 Å². The summed E-state index contributed by atoms with van der Waals surface area (Å²) in [6.45, 7) is 5.38. The summed E-state index contributed by atoms with van der Waals surface area (Å²) in [6.07, 6.45) is 1.81. The van der Waals surface area contributed by atoms with E-state index in [1.807, 2.05) is 4.90 Å². The Hall–Kier alpha value is -0.630. The van der Waals surface area contributed by atoms with Gasteiger partial charge in [-0.05, 0) is 6.42 Å². The fourth-order valence-electron chi connectivity index (χ4n) is 2.00. The van der Waals surface area contributed by atoms with E-state index >= 15 is 0 Å². The normalized spacial score (nSPS) is 15.1. The molecular weight excluding hydrogens is 321 g/mol. The van der Waals surface area contributed by atoms with E-state index in [9.17, 15) is 4.79 Å². The number of carbonyl (C=O) groups is 1. The number of hydrogen-bond donors (Lipinski definition) is 1. The van der Waals surface area contributed by atoms with E-state index < -0.39 is 0 Å². The molecule has 0 saturated carbocycles. The van der Waals surface area contributed by atoms with Gasteiger partial charge < -0.3 is 15.5 Å². The Bertz CT molecular complexity index is 417. The lowest BCUT2D eigenvalue weighted by Gasteiger charge is -2.20. The van der Waals surface area contributed by atoms with Crippen LogP contribution < -0.4 is 10.6 Å². The third-order valence-corrected chi connectivity index (χ3v) is 3.88. The van der Waals surface area contributed by atoms with E-state index in [4.69, 9.17) is 5.73 Å². The number of amides is 1. The molecule has 1 aliphatic rings. The first-order valence-corrected chi connectivity index (χ1v) is 7.07. The molecule has 1 saturated heterocycles. The number of hydrogen-bond acceptors (Lipinski definition) is 6. The topological polar surface area (TPSA) is 75.4 Å². The molecule has 2 N–H and O–H groups in total. The van der Waals surface area contributed by atoms with Crippen molar-refractivity contribution in [2.75, 3.05) is 37.6 Å². The van der Waals surface area contributed by atoms with Crippen molar-refractivity contribution in [2.24, 2.45) is 5.73 Å². The van der Waals surface area contributed by atoms with Crippen molar-refractivity contribution in [3.63, 3.8) is 0 Å². The predicted octanol–water partition coefficient (Wildman–Crippen LogP) is 0.941. The zero-order chi connectivity index (χ0) is 13.0. The lowest BCUT2D eigenvalue weighted by molar-refractivity contribution is -0.129. The minimum Gasteiger partial charge on any atom is -0.345 e. The minimum atomic E-state index is 0. The molecule has 6 nitrogen and oxygen atoms in total. The maximum absolute atomic E-state index is 11.6. The Morgan fingerprint density at radius 2 is 2.05 bits per heavy atom. The Morgan fingerprint density at radius 1 is 1.30 bits per heavy atom. The summed E-state index contributed by atoms with van der Waals surface area (Å²) in [6, 6.07) is 0. The summed E-state index contributed by atoms with van der Waals surface area (Å²) in [4.78, 5) is 20.1. The second-order valence-electron chi connectivity index (χ2n) is 4.27. The highest BCUT2D eigenvalue weighted by molar-refractivity contribution is 7.09. The first kappa shape index (κ1) is 19.4. The Balaban J connectivity index is 0.00000180. The summed E-state index contributed by atoms with van der Waals surface area (Å²) in [7, 11) is 0. The number of anilines is 1. The number of nitrogens with zero attached hydrogens (tertiary/aromatic N) is 4. The predicted molar refractivity (Wildman–Crippen MR) is 86.2 cm³/mol. The number of aryl methyl sites for hydroxylation is 1. The average molecular weight is 342 g/mol. The van der Waals surface area contributed by atoms with Crippen LogP contribution in [0.2, 0.25) is 0 Å². The molecular formula is C11H21Cl2N5OS. The third-order valence-electron chi connectivity index (χ3n) is 3.07. The number of aromatic nitrogens is 2. The van der Waals surface area contributed by atoms with E-state index in [-0.39, 0.29) is 37.3 Å². The van der Waals surface area contributed by atoms with Crippen molar-refractivity contribution in [3.8, 4) is 0 Å². The molecule has 2 rings (SSSR count). The van der Waals surface area contributed by atoms with Gasteiger partial charge in [0.15, 0.2) is 0 Å². The SMILES string of the molecule is CCc1nsc(N2CCCN(C(=O)CN)CC2)n1.Cl.Cl. The van der Waals surface area contributed by atoms with Crippen LogP contribution in [-0.4, -0.2) is 52.9 Å². The van der Waals surface area contributed by atoms with Gasteiger partial charge >= 0.3 is 0 Å². The maximum Gasteiger partial charge on any atom is 0.236 e. The van der Waals surface area contributed by atoms with Gasteiger partial charge in [0.25, 0.3) is 0 Å². The fraction of sp³-hybridized carbons (Fsp3) is 0.727. The van der Waals surface area contributed by atoms with Crippen LogP contribution in [0.3, 0.4) is 0 Å². The quantitative estimate of drug-likeness (QED) is 0.885. The molecule has 0 aromatic carbocycles. The van der Waals surface area contributed by atoms with E-state index in [1.165, 1.54) is 11.5 Å². The summed E-state index contributed by atoms with van der Waals surface area (Å²) < 4.78 is 4.30. The largest absolute Gasteiger partial charge is 0.345 e. The Kier molecular flexibility index (Phi) is 9.04. The van der Waals surface area contributed by atoms with Crippen molar-refractivity contribution in [1.29, 1.82) is 0 Å². The number of rotatable bonds is 3. The highest BCUT2D eigenvalue weighted by Gasteiger charge is 2.20. The Labute approximate surface area is 135 Å². The number of halogens is 2. The zero-order valence-electron chi connectivity index (χ0n) is 11.4. The van der Waals surface area contributed by atoms with Gasteiger partial charge in [0, 0.05) is 44.1 Å². The van der Waals surface area contributed by atoms with Crippen LogP contribution in [0.25, 0.3) is 0 Å². The van der Waals surface area contributed by atoms with Crippen molar-refractivity contribution in [3.05, 3.63) is 5.82 Å². The molecule has 1 amide bonds. The van der Waals surface area contributed by atoms with E-state index in [0.717, 1.165) is 50.0 Å². The van der Waals surface area contributed by atoms with Crippen LogP contribution in [0.15, 0.2) is 0 Å². The third kappa shape index (κ3) is 4.73. The van der Waals surface area contributed by atoms with Crippen LogP contribution in [0, 0.1) is 0 Å². The first-order valence-electron chi connectivity index (χ1n) is 6.30. The van der Waals surface area contributed by atoms with Crippen LogP contribution in [0.5, 0.6) is 0 Å². The second-order valence-corrected chi connectivity index (χ2v) is 5.00. The first-order chi connectivity index (χ1) is 8.74. The molecule has 1 aromatic heterocycles. The minimum absolute atomic E-state index is 0. The Morgan fingerprint density at radius 3 is 2.65 bits per heavy atom. The number of carbonyl (C=O) groups excluding carboxylic acids is 1. The fourth-order valence-corrected chi connectivity index (χ4v) is 2.81. The van der Waals surface area contributed by atoms with Crippen LogP contribution in [0.1, 0.15) is 19.2 Å². The van der Waals surface area contributed by atoms with Crippen molar-refractivity contribution in [1.82, 2.24) is 14.3 Å². The van der Waals surface area contributed by atoms with Crippen LogP contribution in [-0.2, 0) is 11.2 Å². The van der Waals surface area contributed by atoms with Crippen molar-refractivity contribution in [2.45, 2.75) is 19.8 Å². The molecule has 1 aliphatic heterocycles. The molecule has 0 spiro atoms. The molecule has 116 valence electrons. The van der Waals surface area contributed by atoms with Crippen LogP contribution in [0.4, 0.5) is 5.13 Å². The molecule has 9 heteroatoms. The summed E-state index contributed by atoms with van der Waals surface area (Å²) >= 11 is 1.44. The highest BCUT2D eigenvalue weighted by Crippen LogP contribution is 2.19. The van der Waals surface area contributed by atoms with E-state index in [1.54, 1.807) is 0 Å². The van der Waals surface area contributed by atoms with Gasteiger partial charge in [0.2, 0.25) is 11.0 Å². The molecule has 1 aromatic rings. The molecule has 1 fully saturated rings. The molecule has 0 atom stereocenters. The molecule has 20 heavy (non-hydrogen) atoms. The van der Waals surface area contributed by atoms with Gasteiger partial charge in [-0.2, -0.15) is 4.37 Å².